The monoisotopic (exact) mass is 370 g/mol. The molecule has 0 unspecified atom stereocenters. The van der Waals surface area contributed by atoms with Crippen LogP contribution < -0.4 is 0 Å². The summed E-state index contributed by atoms with van der Waals surface area (Å²) in [5.74, 6) is 3.70. The van der Waals surface area contributed by atoms with Crippen LogP contribution in [-0.4, -0.2) is 11.6 Å². The molecule has 4 fully saturated rings. The zero-order valence-electron chi connectivity index (χ0n) is 15.8. The molecule has 6 rings (SSSR count). The highest BCUT2D eigenvalue weighted by molar-refractivity contribution is 6.32. The number of allylic oxidation sites excluding steroid dienone is 4. The van der Waals surface area contributed by atoms with E-state index in [1.807, 2.05) is 13.0 Å². The van der Waals surface area contributed by atoms with Crippen molar-refractivity contribution < 1.29 is 9.59 Å². The number of rotatable bonds is 1. The molecule has 0 aromatic heterocycles. The van der Waals surface area contributed by atoms with E-state index >= 15 is 0 Å². The van der Waals surface area contributed by atoms with E-state index < -0.39 is 0 Å². The van der Waals surface area contributed by atoms with Crippen molar-refractivity contribution in [3.05, 3.63) is 22.8 Å². The lowest BCUT2D eigenvalue weighted by Gasteiger charge is -2.57. The van der Waals surface area contributed by atoms with Gasteiger partial charge in [-0.05, 0) is 85.7 Å². The lowest BCUT2D eigenvalue weighted by Crippen LogP contribution is -2.52. The first-order chi connectivity index (χ1) is 12.2. The second-order valence-corrected chi connectivity index (χ2v) is 11.0. The predicted molar refractivity (Wildman–Crippen MR) is 100 cm³/mol. The van der Waals surface area contributed by atoms with Gasteiger partial charge in [0.2, 0.25) is 0 Å². The summed E-state index contributed by atoms with van der Waals surface area (Å²) in [6.07, 6.45) is 9.85. The molecule has 0 amide bonds. The normalized spacial score (nSPS) is 58.4. The Labute approximate surface area is 160 Å². The van der Waals surface area contributed by atoms with Gasteiger partial charge in [-0.15, -0.1) is 0 Å². The minimum atomic E-state index is -0.0371. The lowest BCUT2D eigenvalue weighted by atomic mass is 9.47. The van der Waals surface area contributed by atoms with Gasteiger partial charge in [-0.25, -0.2) is 0 Å². The van der Waals surface area contributed by atoms with Crippen LogP contribution in [0.1, 0.15) is 52.9 Å². The summed E-state index contributed by atoms with van der Waals surface area (Å²) in [7, 11) is 0. The predicted octanol–water partition coefficient (Wildman–Crippen LogP) is 4.92. The Hall–Kier alpha value is -0.890. The number of halogens is 1. The Morgan fingerprint density at radius 2 is 1.96 bits per heavy atom. The van der Waals surface area contributed by atoms with Gasteiger partial charge in [-0.2, -0.15) is 0 Å². The van der Waals surface area contributed by atoms with Crippen LogP contribution in [0.5, 0.6) is 0 Å². The van der Waals surface area contributed by atoms with E-state index in [9.17, 15) is 9.59 Å². The van der Waals surface area contributed by atoms with Crippen molar-refractivity contribution in [1.82, 2.24) is 0 Å². The minimum Gasteiger partial charge on any atom is -0.299 e. The summed E-state index contributed by atoms with van der Waals surface area (Å²) in [5, 5.41) is 0.828. The molecule has 138 valence electrons. The number of hydrogen-bond acceptors (Lipinski definition) is 2. The molecular formula is C23H27ClO2. The number of Topliss-reactive ketones (excluding diaryl/α,β-unsaturated/α-hetero) is 1. The van der Waals surface area contributed by atoms with Crippen LogP contribution >= 0.6 is 11.6 Å². The van der Waals surface area contributed by atoms with Crippen molar-refractivity contribution in [2.24, 2.45) is 51.8 Å². The summed E-state index contributed by atoms with van der Waals surface area (Å²) in [4.78, 5) is 24.9. The fourth-order valence-corrected chi connectivity index (χ4v) is 9.14. The van der Waals surface area contributed by atoms with Crippen LogP contribution in [0.25, 0.3) is 0 Å². The molecule has 0 aromatic carbocycles. The Morgan fingerprint density at radius 1 is 1.19 bits per heavy atom. The molecule has 0 N–H and O–H groups in total. The maximum absolute atomic E-state index is 12.6. The maximum atomic E-state index is 12.6. The van der Waals surface area contributed by atoms with Gasteiger partial charge in [0.1, 0.15) is 5.78 Å². The average Bonchev–Trinajstić information content (AvgIpc) is 3.46. The number of hydrogen-bond donors (Lipinski definition) is 0. The fourth-order valence-electron chi connectivity index (χ4n) is 8.73. The van der Waals surface area contributed by atoms with Crippen molar-refractivity contribution in [3.8, 4) is 0 Å². The van der Waals surface area contributed by atoms with Gasteiger partial charge in [-0.3, -0.25) is 9.59 Å². The van der Waals surface area contributed by atoms with Crippen molar-refractivity contribution in [2.75, 3.05) is 0 Å². The smallest absolute Gasteiger partial charge is 0.159 e. The molecule has 26 heavy (non-hydrogen) atoms. The van der Waals surface area contributed by atoms with Crippen LogP contribution in [0.2, 0.25) is 0 Å². The molecule has 4 saturated carbocycles. The average molecular weight is 371 g/mol. The second-order valence-electron chi connectivity index (χ2n) is 10.6. The third-order valence-electron chi connectivity index (χ3n) is 10.2. The standard InChI is InChI=1S/C23H27ClO2/c1-11(25)23-10-12(23)6-16-13-8-19(24)18-9-20(26)14-7-17(14)22(18,3)15(13)4-5-21(16,23)2/h8-9,12-17H,4-7,10H2,1-3H3/t12-,13+,14+,15-,16-,17-,21-,22-,23-/m1/s1. The highest BCUT2D eigenvalue weighted by Gasteiger charge is 2.77. The third-order valence-corrected chi connectivity index (χ3v) is 10.5. The van der Waals surface area contributed by atoms with Gasteiger partial charge < -0.3 is 0 Å². The molecule has 0 aliphatic heterocycles. The van der Waals surface area contributed by atoms with E-state index in [0.29, 0.717) is 41.2 Å². The Morgan fingerprint density at radius 3 is 2.69 bits per heavy atom. The first-order valence-electron chi connectivity index (χ1n) is 10.4. The highest BCUT2D eigenvalue weighted by atomic mass is 35.5. The van der Waals surface area contributed by atoms with E-state index in [0.717, 1.165) is 29.9 Å². The quantitative estimate of drug-likeness (QED) is 0.656. The first-order valence-corrected chi connectivity index (χ1v) is 10.8. The largest absolute Gasteiger partial charge is 0.299 e. The molecule has 0 radical (unpaired) electrons. The van der Waals surface area contributed by atoms with Gasteiger partial charge >= 0.3 is 0 Å². The Balaban J connectivity index is 1.47. The summed E-state index contributed by atoms with van der Waals surface area (Å²) < 4.78 is 0. The van der Waals surface area contributed by atoms with Gasteiger partial charge in [-0.1, -0.05) is 31.5 Å². The zero-order valence-corrected chi connectivity index (χ0v) is 16.6. The van der Waals surface area contributed by atoms with E-state index in [1.165, 1.54) is 12.8 Å². The topological polar surface area (TPSA) is 34.1 Å². The van der Waals surface area contributed by atoms with Gasteiger partial charge in [0.25, 0.3) is 0 Å². The molecule has 0 spiro atoms. The van der Waals surface area contributed by atoms with E-state index in [4.69, 9.17) is 11.6 Å². The third kappa shape index (κ3) is 1.49. The number of fused-ring (bicyclic) bond motifs is 9. The van der Waals surface area contributed by atoms with Crippen molar-refractivity contribution in [2.45, 2.75) is 52.9 Å². The molecule has 9 atom stereocenters. The molecule has 6 aliphatic carbocycles. The molecule has 2 nitrogen and oxygen atoms in total. The number of ketones is 2. The summed E-state index contributed by atoms with van der Waals surface area (Å²) in [6.45, 7) is 6.62. The van der Waals surface area contributed by atoms with Crippen LogP contribution in [0.15, 0.2) is 22.8 Å². The van der Waals surface area contributed by atoms with Gasteiger partial charge in [0.15, 0.2) is 5.78 Å². The molecule has 0 heterocycles. The summed E-state index contributed by atoms with van der Waals surface area (Å²) in [5.41, 5.74) is 1.29. The molecule has 3 heteroatoms. The van der Waals surface area contributed by atoms with Crippen LogP contribution in [0.3, 0.4) is 0 Å². The molecule has 0 bridgehead atoms. The minimum absolute atomic E-state index is 0.0371. The van der Waals surface area contributed by atoms with Crippen LogP contribution in [0, 0.1) is 51.8 Å². The van der Waals surface area contributed by atoms with Crippen molar-refractivity contribution in [1.29, 1.82) is 0 Å². The number of carbonyl (C=O) groups excluding carboxylic acids is 2. The molecular weight excluding hydrogens is 344 g/mol. The maximum Gasteiger partial charge on any atom is 0.159 e. The molecule has 6 aliphatic rings. The van der Waals surface area contributed by atoms with E-state index in [1.54, 1.807) is 0 Å². The molecule has 0 aromatic rings. The Bertz CT molecular complexity index is 839. The van der Waals surface area contributed by atoms with Crippen molar-refractivity contribution >= 4 is 23.2 Å². The van der Waals surface area contributed by atoms with Crippen LogP contribution in [-0.2, 0) is 9.59 Å². The van der Waals surface area contributed by atoms with E-state index in [2.05, 4.69) is 19.9 Å². The first kappa shape index (κ1) is 16.1. The second kappa shape index (κ2) is 4.40. The Kier molecular flexibility index (Phi) is 2.72. The SMILES string of the molecule is CC(=O)[C@]12C[C@H]1C[C@@H]1[C@H]3C=C(Cl)C4=CC(=O)[C@H]5C[C@H]5[C@@]4(C)[C@@H]3CC[C@]12C. The van der Waals surface area contributed by atoms with Crippen LogP contribution in [0.4, 0.5) is 0 Å². The highest BCUT2D eigenvalue weighted by Crippen LogP contribution is 2.81. The number of carbonyl (C=O) groups is 2. The van der Waals surface area contributed by atoms with Crippen molar-refractivity contribution in [3.63, 3.8) is 0 Å². The summed E-state index contributed by atoms with van der Waals surface area (Å²) in [6, 6.07) is 0. The summed E-state index contributed by atoms with van der Waals surface area (Å²) >= 11 is 6.80. The van der Waals surface area contributed by atoms with Gasteiger partial charge in [0, 0.05) is 21.8 Å². The van der Waals surface area contributed by atoms with Gasteiger partial charge in [0.05, 0.1) is 0 Å². The zero-order chi connectivity index (χ0) is 18.2. The van der Waals surface area contributed by atoms with E-state index in [-0.39, 0.29) is 22.2 Å². The lowest BCUT2D eigenvalue weighted by molar-refractivity contribution is -0.131. The fraction of sp³-hybridized carbons (Fsp3) is 0.739. The molecule has 0 saturated heterocycles.